The number of amides is 2. The lowest BCUT2D eigenvalue weighted by Gasteiger charge is -2.32. The van der Waals surface area contributed by atoms with Gasteiger partial charge in [-0.25, -0.2) is 4.79 Å². The van der Waals surface area contributed by atoms with Gasteiger partial charge < -0.3 is 10.2 Å². The first kappa shape index (κ1) is 21.1. The maximum atomic E-state index is 12.5. The molecule has 0 aromatic heterocycles. The molecule has 29 heavy (non-hydrogen) atoms. The monoisotopic (exact) mass is 392 g/mol. The molecule has 1 N–H and O–H groups in total. The highest BCUT2D eigenvalue weighted by Gasteiger charge is 2.23. The molecule has 2 aromatic carbocycles. The van der Waals surface area contributed by atoms with E-state index in [1.165, 1.54) is 18.1 Å². The van der Waals surface area contributed by atoms with E-state index in [1.54, 1.807) is 24.3 Å². The number of ketones is 1. The first-order valence-electron chi connectivity index (χ1n) is 10.5. The Bertz CT molecular complexity index is 840. The number of piperidine rings is 1. The number of anilines is 1. The van der Waals surface area contributed by atoms with Crippen molar-refractivity contribution in [2.24, 2.45) is 5.92 Å². The number of urea groups is 1. The highest BCUT2D eigenvalue weighted by atomic mass is 16.2. The summed E-state index contributed by atoms with van der Waals surface area (Å²) in [6, 6.07) is 16.0. The summed E-state index contributed by atoms with van der Waals surface area (Å²) in [6.07, 6.45) is 3.13. The quantitative estimate of drug-likeness (QED) is 0.681. The molecule has 0 unspecified atom stereocenters. The largest absolute Gasteiger partial charge is 0.325 e. The molecule has 0 saturated carbocycles. The molecule has 1 heterocycles. The van der Waals surface area contributed by atoms with Gasteiger partial charge in [-0.15, -0.1) is 0 Å². The lowest BCUT2D eigenvalue weighted by atomic mass is 9.85. The standard InChI is InChI=1S/C25H32N2O2/c1-18(28)21-7-11-23(12-8-21)26-24(29)27-15-13-20(14-16-27)17-19-5-9-22(10-6-19)25(2,3)4/h5-12,20H,13-17H2,1-4H3,(H,26,29). The minimum Gasteiger partial charge on any atom is -0.325 e. The number of likely N-dealkylation sites (tertiary alicyclic amines) is 1. The maximum Gasteiger partial charge on any atom is 0.321 e. The molecular weight excluding hydrogens is 360 g/mol. The minimum absolute atomic E-state index is 0.0259. The number of nitrogens with zero attached hydrogens (tertiary/aromatic N) is 1. The highest BCUT2D eigenvalue weighted by Crippen LogP contribution is 2.25. The predicted octanol–water partition coefficient (Wildman–Crippen LogP) is 5.67. The van der Waals surface area contributed by atoms with Crippen molar-refractivity contribution in [1.29, 1.82) is 0 Å². The molecule has 0 atom stereocenters. The Balaban J connectivity index is 1.48. The van der Waals surface area contributed by atoms with E-state index >= 15 is 0 Å². The second-order valence-electron chi connectivity index (χ2n) is 9.15. The number of carbonyl (C=O) groups excluding carboxylic acids is 2. The van der Waals surface area contributed by atoms with Crippen LogP contribution in [0.2, 0.25) is 0 Å². The van der Waals surface area contributed by atoms with Gasteiger partial charge in [0.05, 0.1) is 0 Å². The van der Waals surface area contributed by atoms with Gasteiger partial charge in [0.25, 0.3) is 0 Å². The van der Waals surface area contributed by atoms with Gasteiger partial charge in [0.15, 0.2) is 5.78 Å². The summed E-state index contributed by atoms with van der Waals surface area (Å²) in [7, 11) is 0. The molecule has 1 aliphatic rings. The third-order valence-electron chi connectivity index (χ3n) is 5.79. The molecule has 0 bridgehead atoms. The van der Waals surface area contributed by atoms with Crippen molar-refractivity contribution in [3.63, 3.8) is 0 Å². The molecule has 1 saturated heterocycles. The van der Waals surface area contributed by atoms with Gasteiger partial charge in [-0.05, 0) is 72.9 Å². The Morgan fingerprint density at radius 1 is 0.966 bits per heavy atom. The van der Waals surface area contributed by atoms with Gasteiger partial charge in [0.2, 0.25) is 0 Å². The summed E-state index contributed by atoms with van der Waals surface area (Å²) in [5, 5.41) is 2.94. The van der Waals surface area contributed by atoms with Crippen molar-refractivity contribution in [3.8, 4) is 0 Å². The number of nitrogens with one attached hydrogen (secondary N) is 1. The molecule has 2 aromatic rings. The van der Waals surface area contributed by atoms with Crippen molar-refractivity contribution in [2.75, 3.05) is 18.4 Å². The predicted molar refractivity (Wildman–Crippen MR) is 119 cm³/mol. The molecule has 1 fully saturated rings. The van der Waals surface area contributed by atoms with Crippen LogP contribution in [0.5, 0.6) is 0 Å². The van der Waals surface area contributed by atoms with Gasteiger partial charge in [-0.2, -0.15) is 0 Å². The molecule has 0 aliphatic carbocycles. The van der Waals surface area contributed by atoms with Gasteiger partial charge in [0.1, 0.15) is 0 Å². The van der Waals surface area contributed by atoms with Crippen LogP contribution >= 0.6 is 0 Å². The van der Waals surface area contributed by atoms with Crippen molar-refractivity contribution in [2.45, 2.75) is 52.4 Å². The molecule has 4 nitrogen and oxygen atoms in total. The highest BCUT2D eigenvalue weighted by molar-refractivity contribution is 5.95. The zero-order valence-corrected chi connectivity index (χ0v) is 18.0. The molecule has 4 heteroatoms. The number of carbonyl (C=O) groups is 2. The van der Waals surface area contributed by atoms with E-state index in [-0.39, 0.29) is 17.2 Å². The van der Waals surface area contributed by atoms with Crippen LogP contribution in [-0.2, 0) is 11.8 Å². The lowest BCUT2D eigenvalue weighted by Crippen LogP contribution is -2.41. The number of rotatable bonds is 4. The number of benzene rings is 2. The van der Waals surface area contributed by atoms with Gasteiger partial charge in [-0.3, -0.25) is 4.79 Å². The van der Waals surface area contributed by atoms with E-state index in [0.717, 1.165) is 38.0 Å². The Morgan fingerprint density at radius 3 is 2.07 bits per heavy atom. The number of hydrogen-bond donors (Lipinski definition) is 1. The van der Waals surface area contributed by atoms with Crippen LogP contribution in [0.15, 0.2) is 48.5 Å². The zero-order chi connectivity index (χ0) is 21.0. The molecule has 1 aliphatic heterocycles. The molecular formula is C25H32N2O2. The second kappa shape index (κ2) is 8.81. The number of Topliss-reactive ketones (excluding diaryl/α,β-unsaturated/α-hetero) is 1. The van der Waals surface area contributed by atoms with Gasteiger partial charge in [0, 0.05) is 24.3 Å². The minimum atomic E-state index is -0.0615. The Morgan fingerprint density at radius 2 is 1.55 bits per heavy atom. The van der Waals surface area contributed by atoms with Gasteiger partial charge in [-0.1, -0.05) is 45.0 Å². The fraction of sp³-hybridized carbons (Fsp3) is 0.440. The summed E-state index contributed by atoms with van der Waals surface area (Å²) >= 11 is 0. The van der Waals surface area contributed by atoms with Crippen LogP contribution < -0.4 is 5.32 Å². The number of hydrogen-bond acceptors (Lipinski definition) is 2. The fourth-order valence-electron chi connectivity index (χ4n) is 3.81. The third-order valence-corrected chi connectivity index (χ3v) is 5.79. The average Bonchev–Trinajstić information content (AvgIpc) is 2.68. The first-order chi connectivity index (χ1) is 13.7. The van der Waals surface area contributed by atoms with Crippen LogP contribution in [0.1, 0.15) is 62.0 Å². The first-order valence-corrected chi connectivity index (χ1v) is 10.5. The van der Waals surface area contributed by atoms with E-state index in [2.05, 4.69) is 50.4 Å². The van der Waals surface area contributed by atoms with Crippen LogP contribution in [0.25, 0.3) is 0 Å². The summed E-state index contributed by atoms with van der Waals surface area (Å²) in [4.78, 5) is 25.8. The van der Waals surface area contributed by atoms with Crippen LogP contribution in [0.3, 0.4) is 0 Å². The fourth-order valence-corrected chi connectivity index (χ4v) is 3.81. The van der Waals surface area contributed by atoms with Gasteiger partial charge >= 0.3 is 6.03 Å². The zero-order valence-electron chi connectivity index (χ0n) is 18.0. The second-order valence-corrected chi connectivity index (χ2v) is 9.15. The summed E-state index contributed by atoms with van der Waals surface area (Å²) in [5.74, 6) is 0.646. The normalized spacial score (nSPS) is 15.2. The molecule has 3 rings (SSSR count). The van der Waals surface area contributed by atoms with Crippen molar-refractivity contribution >= 4 is 17.5 Å². The Kier molecular flexibility index (Phi) is 6.41. The summed E-state index contributed by atoms with van der Waals surface area (Å²) in [6.45, 7) is 9.81. The topological polar surface area (TPSA) is 49.4 Å². The van der Waals surface area contributed by atoms with E-state index < -0.39 is 0 Å². The summed E-state index contributed by atoms with van der Waals surface area (Å²) < 4.78 is 0. The lowest BCUT2D eigenvalue weighted by molar-refractivity contribution is 0.101. The average molecular weight is 393 g/mol. The van der Waals surface area contributed by atoms with Crippen molar-refractivity contribution in [3.05, 3.63) is 65.2 Å². The van der Waals surface area contributed by atoms with Crippen LogP contribution in [-0.4, -0.2) is 29.8 Å². The van der Waals surface area contributed by atoms with Crippen molar-refractivity contribution in [1.82, 2.24) is 4.90 Å². The van der Waals surface area contributed by atoms with E-state index in [0.29, 0.717) is 11.5 Å². The third kappa shape index (κ3) is 5.69. The van der Waals surface area contributed by atoms with Crippen LogP contribution in [0.4, 0.5) is 10.5 Å². The van der Waals surface area contributed by atoms with Crippen LogP contribution in [0, 0.1) is 5.92 Å². The Hall–Kier alpha value is -2.62. The van der Waals surface area contributed by atoms with E-state index in [9.17, 15) is 9.59 Å². The smallest absolute Gasteiger partial charge is 0.321 e. The van der Waals surface area contributed by atoms with E-state index in [1.807, 2.05) is 4.90 Å². The SMILES string of the molecule is CC(=O)c1ccc(NC(=O)N2CCC(Cc3ccc(C(C)(C)C)cc3)CC2)cc1. The molecule has 0 spiro atoms. The molecule has 0 radical (unpaired) electrons. The summed E-state index contributed by atoms with van der Waals surface area (Å²) in [5.41, 5.74) is 4.31. The van der Waals surface area contributed by atoms with E-state index in [4.69, 9.17) is 0 Å². The maximum absolute atomic E-state index is 12.5. The Labute approximate surface area is 174 Å². The molecule has 154 valence electrons. The molecule has 2 amide bonds. The van der Waals surface area contributed by atoms with Crippen molar-refractivity contribution < 1.29 is 9.59 Å².